The number of rotatable bonds is 8. The van der Waals surface area contributed by atoms with Crippen LogP contribution in [-0.4, -0.2) is 30.9 Å². The molecule has 2 unspecified atom stereocenters. The molecule has 0 saturated heterocycles. The molecule has 0 radical (unpaired) electrons. The fraction of sp³-hybridized carbons (Fsp3) is 0.571. The van der Waals surface area contributed by atoms with Crippen molar-refractivity contribution in [3.8, 4) is 0 Å². The Morgan fingerprint density at radius 3 is 2.74 bits per heavy atom. The quantitative estimate of drug-likeness (QED) is 0.588. The predicted octanol–water partition coefficient (Wildman–Crippen LogP) is 2.64. The molecule has 106 valence electrons. The Hall–Kier alpha value is -1.20. The number of ether oxygens (including phenoxy) is 1. The van der Waals surface area contributed by atoms with Gasteiger partial charge in [-0.1, -0.05) is 13.0 Å². The van der Waals surface area contributed by atoms with Gasteiger partial charge in [0.1, 0.15) is 0 Å². The van der Waals surface area contributed by atoms with E-state index in [-0.39, 0.29) is 30.3 Å². The van der Waals surface area contributed by atoms with Crippen LogP contribution in [0.15, 0.2) is 17.5 Å². The average molecular weight is 283 g/mol. The van der Waals surface area contributed by atoms with Crippen LogP contribution >= 0.6 is 11.3 Å². The van der Waals surface area contributed by atoms with Crippen molar-refractivity contribution in [2.75, 3.05) is 7.11 Å². The van der Waals surface area contributed by atoms with Crippen LogP contribution in [0.2, 0.25) is 0 Å². The van der Waals surface area contributed by atoms with Crippen molar-refractivity contribution < 1.29 is 14.3 Å². The third kappa shape index (κ3) is 5.12. The van der Waals surface area contributed by atoms with Crippen molar-refractivity contribution in [3.63, 3.8) is 0 Å². The summed E-state index contributed by atoms with van der Waals surface area (Å²) in [5, 5.41) is 5.17. The highest BCUT2D eigenvalue weighted by molar-refractivity contribution is 7.12. The third-order valence-corrected chi connectivity index (χ3v) is 3.93. The summed E-state index contributed by atoms with van der Waals surface area (Å²) in [6.07, 6.45) is 1.65. The number of thiophene rings is 1. The van der Waals surface area contributed by atoms with E-state index in [9.17, 15) is 9.59 Å². The van der Waals surface area contributed by atoms with Gasteiger partial charge in [0, 0.05) is 12.5 Å². The van der Waals surface area contributed by atoms with Gasteiger partial charge in [0.15, 0.2) is 5.78 Å². The van der Waals surface area contributed by atoms with Gasteiger partial charge < -0.3 is 10.1 Å². The summed E-state index contributed by atoms with van der Waals surface area (Å²) in [5.41, 5.74) is 0. The maximum absolute atomic E-state index is 12.4. The number of hydrogen-bond acceptors (Lipinski definition) is 5. The van der Waals surface area contributed by atoms with Crippen molar-refractivity contribution in [3.05, 3.63) is 22.4 Å². The first kappa shape index (κ1) is 15.9. The molecule has 1 N–H and O–H groups in total. The maximum atomic E-state index is 12.4. The lowest BCUT2D eigenvalue weighted by Crippen LogP contribution is -2.42. The van der Waals surface area contributed by atoms with E-state index < -0.39 is 0 Å². The maximum Gasteiger partial charge on any atom is 0.305 e. The second kappa shape index (κ2) is 8.07. The molecule has 1 rings (SSSR count). The second-order valence-corrected chi connectivity index (χ2v) is 5.43. The highest BCUT2D eigenvalue weighted by atomic mass is 32.1. The first-order chi connectivity index (χ1) is 9.08. The number of hydrogen-bond donors (Lipinski definition) is 1. The first-order valence-electron chi connectivity index (χ1n) is 6.49. The second-order valence-electron chi connectivity index (χ2n) is 4.48. The molecule has 0 bridgehead atoms. The molecule has 0 aliphatic rings. The monoisotopic (exact) mass is 283 g/mol. The summed E-state index contributed by atoms with van der Waals surface area (Å²) in [4.78, 5) is 24.3. The lowest BCUT2D eigenvalue weighted by atomic mass is 10.0. The van der Waals surface area contributed by atoms with Crippen LogP contribution in [0.25, 0.3) is 0 Å². The molecule has 1 heterocycles. The van der Waals surface area contributed by atoms with Gasteiger partial charge in [0.2, 0.25) is 0 Å². The first-order valence-corrected chi connectivity index (χ1v) is 7.37. The SMILES string of the molecule is CCC(C)NC(CCC(=O)OC)C(=O)c1cccs1. The molecule has 0 aliphatic carbocycles. The molecule has 0 aliphatic heterocycles. The van der Waals surface area contributed by atoms with Crippen molar-refractivity contribution in [1.82, 2.24) is 5.32 Å². The van der Waals surface area contributed by atoms with Crippen LogP contribution in [0.4, 0.5) is 0 Å². The minimum Gasteiger partial charge on any atom is -0.469 e. The summed E-state index contributed by atoms with van der Waals surface area (Å²) in [6.45, 7) is 4.09. The van der Waals surface area contributed by atoms with E-state index in [1.807, 2.05) is 24.4 Å². The topological polar surface area (TPSA) is 55.4 Å². The molecule has 4 nitrogen and oxygen atoms in total. The van der Waals surface area contributed by atoms with E-state index >= 15 is 0 Å². The van der Waals surface area contributed by atoms with E-state index in [0.29, 0.717) is 6.42 Å². The molecular weight excluding hydrogens is 262 g/mol. The van der Waals surface area contributed by atoms with Gasteiger partial charge in [-0.2, -0.15) is 0 Å². The third-order valence-electron chi connectivity index (χ3n) is 3.04. The number of ketones is 1. The van der Waals surface area contributed by atoms with E-state index in [2.05, 4.69) is 17.0 Å². The summed E-state index contributed by atoms with van der Waals surface area (Å²) in [5.74, 6) is -0.228. The van der Waals surface area contributed by atoms with Crippen LogP contribution in [-0.2, 0) is 9.53 Å². The Labute approximate surface area is 118 Å². The number of carbonyl (C=O) groups excluding carboxylic acids is 2. The zero-order valence-electron chi connectivity index (χ0n) is 11.6. The van der Waals surface area contributed by atoms with Crippen LogP contribution in [0.5, 0.6) is 0 Å². The molecule has 5 heteroatoms. The molecule has 0 amide bonds. The van der Waals surface area contributed by atoms with Crippen molar-refractivity contribution in [1.29, 1.82) is 0 Å². The highest BCUT2D eigenvalue weighted by Crippen LogP contribution is 2.15. The summed E-state index contributed by atoms with van der Waals surface area (Å²) < 4.78 is 4.63. The largest absolute Gasteiger partial charge is 0.469 e. The minimum absolute atomic E-state index is 0.0548. The highest BCUT2D eigenvalue weighted by Gasteiger charge is 2.23. The number of methoxy groups -OCH3 is 1. The molecular formula is C14H21NO3S. The number of nitrogens with one attached hydrogen (secondary N) is 1. The van der Waals surface area contributed by atoms with Gasteiger partial charge in [-0.05, 0) is 31.2 Å². The van der Waals surface area contributed by atoms with Crippen molar-refractivity contribution >= 4 is 23.1 Å². The Balaban J connectivity index is 2.68. The fourth-order valence-corrected chi connectivity index (χ4v) is 2.43. The Morgan fingerprint density at radius 1 is 1.47 bits per heavy atom. The molecule has 1 aromatic heterocycles. The van der Waals surface area contributed by atoms with E-state index in [1.54, 1.807) is 0 Å². The van der Waals surface area contributed by atoms with Crippen LogP contribution in [0.1, 0.15) is 42.8 Å². The zero-order valence-corrected chi connectivity index (χ0v) is 12.5. The van der Waals surface area contributed by atoms with Gasteiger partial charge in [-0.3, -0.25) is 9.59 Å². The normalized spacial score (nSPS) is 13.8. The van der Waals surface area contributed by atoms with E-state index in [1.165, 1.54) is 18.4 Å². The Kier molecular flexibility index (Phi) is 6.73. The number of Topliss-reactive ketones (excluding diaryl/α,β-unsaturated/α-hetero) is 1. The van der Waals surface area contributed by atoms with Gasteiger partial charge in [-0.25, -0.2) is 0 Å². The summed E-state index contributed by atoms with van der Waals surface area (Å²) >= 11 is 1.43. The van der Waals surface area contributed by atoms with Gasteiger partial charge in [0.25, 0.3) is 0 Å². The average Bonchev–Trinajstić information content (AvgIpc) is 2.95. The standard InChI is InChI=1S/C14H21NO3S/c1-4-10(2)15-11(7-8-13(16)18-3)14(17)12-6-5-9-19-12/h5-6,9-11,15H,4,7-8H2,1-3H3. The van der Waals surface area contributed by atoms with Crippen LogP contribution in [0, 0.1) is 0 Å². The van der Waals surface area contributed by atoms with E-state index in [4.69, 9.17) is 0 Å². The predicted molar refractivity (Wildman–Crippen MR) is 76.6 cm³/mol. The smallest absolute Gasteiger partial charge is 0.305 e. The van der Waals surface area contributed by atoms with Gasteiger partial charge in [0.05, 0.1) is 18.0 Å². The lowest BCUT2D eigenvalue weighted by Gasteiger charge is -2.20. The number of esters is 1. The molecule has 1 aromatic rings. The van der Waals surface area contributed by atoms with Crippen LogP contribution in [0.3, 0.4) is 0 Å². The fourth-order valence-electron chi connectivity index (χ4n) is 1.71. The molecule has 0 fully saturated rings. The van der Waals surface area contributed by atoms with Gasteiger partial charge in [-0.15, -0.1) is 11.3 Å². The minimum atomic E-state index is -0.326. The zero-order chi connectivity index (χ0) is 14.3. The molecule has 0 saturated carbocycles. The summed E-state index contributed by atoms with van der Waals surface area (Å²) in [6, 6.07) is 3.59. The molecule has 2 atom stereocenters. The Morgan fingerprint density at radius 2 is 2.21 bits per heavy atom. The van der Waals surface area contributed by atoms with Gasteiger partial charge >= 0.3 is 5.97 Å². The lowest BCUT2D eigenvalue weighted by molar-refractivity contribution is -0.140. The molecule has 19 heavy (non-hydrogen) atoms. The molecule has 0 spiro atoms. The number of carbonyl (C=O) groups is 2. The van der Waals surface area contributed by atoms with Crippen molar-refractivity contribution in [2.24, 2.45) is 0 Å². The van der Waals surface area contributed by atoms with Crippen molar-refractivity contribution in [2.45, 2.75) is 45.2 Å². The summed E-state index contributed by atoms with van der Waals surface area (Å²) in [7, 11) is 1.36. The van der Waals surface area contributed by atoms with Crippen LogP contribution < -0.4 is 5.32 Å². The Bertz CT molecular complexity index is 403. The van der Waals surface area contributed by atoms with E-state index in [0.717, 1.165) is 11.3 Å². The molecule has 0 aromatic carbocycles.